The largest absolute Gasteiger partial charge is 0.382 e. The van der Waals surface area contributed by atoms with Crippen molar-refractivity contribution >= 4 is 29.9 Å². The van der Waals surface area contributed by atoms with E-state index in [1.807, 2.05) is 19.1 Å². The highest BCUT2D eigenvalue weighted by Crippen LogP contribution is 2.22. The molecule has 1 heterocycles. The fourth-order valence-corrected chi connectivity index (χ4v) is 3.21. The van der Waals surface area contributed by atoms with Gasteiger partial charge in [-0.3, -0.25) is 9.89 Å². The molecule has 0 aromatic heterocycles. The first-order valence-electron chi connectivity index (χ1n) is 10.4. The Kier molecular flexibility index (Phi) is 14.2. The van der Waals surface area contributed by atoms with Gasteiger partial charge in [0, 0.05) is 39.4 Å². The second-order valence-electron chi connectivity index (χ2n) is 6.77. The van der Waals surface area contributed by atoms with Gasteiger partial charge in [0.1, 0.15) is 5.82 Å². The third-order valence-electron chi connectivity index (χ3n) is 4.72. The molecule has 1 atom stereocenters. The first-order valence-corrected chi connectivity index (χ1v) is 10.4. The lowest BCUT2D eigenvalue weighted by Crippen LogP contribution is -2.42. The summed E-state index contributed by atoms with van der Waals surface area (Å²) in [6.07, 6.45) is 2.07. The van der Waals surface area contributed by atoms with Crippen LogP contribution in [0.1, 0.15) is 38.3 Å². The summed E-state index contributed by atoms with van der Waals surface area (Å²) in [4.78, 5) is 7.18. The van der Waals surface area contributed by atoms with Crippen LogP contribution in [0.2, 0.25) is 0 Å². The standard InChI is InChI=1S/C21H35FN4O2.HI/c1-3-23-21(24-11-5-6-14-27-4-2)25-17-20(26-12-15-28-16-13-26)18-7-9-19(22)10-8-18;/h7-10,20H,3-6,11-17H2,1-2H3,(H2,23,24,25);1H. The zero-order valence-corrected chi connectivity index (χ0v) is 20.0. The first-order chi connectivity index (χ1) is 13.7. The van der Waals surface area contributed by atoms with E-state index in [-0.39, 0.29) is 35.8 Å². The Bertz CT molecular complexity index is 568. The maximum absolute atomic E-state index is 13.4. The Morgan fingerprint density at radius 2 is 1.90 bits per heavy atom. The minimum absolute atomic E-state index is 0. The number of aliphatic imine (C=N–C) groups is 1. The molecule has 6 nitrogen and oxygen atoms in total. The molecular formula is C21H36FIN4O2. The Balaban J connectivity index is 0.00000420. The number of morpholine rings is 1. The molecule has 2 rings (SSSR count). The number of nitrogens with zero attached hydrogens (tertiary/aromatic N) is 2. The van der Waals surface area contributed by atoms with Gasteiger partial charge in [-0.1, -0.05) is 12.1 Å². The summed E-state index contributed by atoms with van der Waals surface area (Å²) < 4.78 is 24.2. The van der Waals surface area contributed by atoms with E-state index in [0.29, 0.717) is 6.54 Å². The molecule has 1 aliphatic heterocycles. The fraction of sp³-hybridized carbons (Fsp3) is 0.667. The molecule has 1 unspecified atom stereocenters. The van der Waals surface area contributed by atoms with Crippen molar-refractivity contribution < 1.29 is 13.9 Å². The smallest absolute Gasteiger partial charge is 0.191 e. The van der Waals surface area contributed by atoms with Crippen LogP contribution < -0.4 is 10.6 Å². The molecule has 0 spiro atoms. The number of ether oxygens (including phenoxy) is 2. The highest BCUT2D eigenvalue weighted by molar-refractivity contribution is 14.0. The van der Waals surface area contributed by atoms with Gasteiger partial charge >= 0.3 is 0 Å². The normalized spacial score (nSPS) is 16.2. The predicted octanol–water partition coefficient (Wildman–Crippen LogP) is 3.19. The van der Waals surface area contributed by atoms with Gasteiger partial charge in [-0.05, 0) is 44.4 Å². The number of guanidine groups is 1. The highest BCUT2D eigenvalue weighted by Gasteiger charge is 2.22. The number of nitrogens with one attached hydrogen (secondary N) is 2. The van der Waals surface area contributed by atoms with Gasteiger partial charge in [-0.25, -0.2) is 4.39 Å². The Morgan fingerprint density at radius 3 is 2.55 bits per heavy atom. The molecule has 0 aliphatic carbocycles. The number of hydrogen-bond donors (Lipinski definition) is 2. The summed E-state index contributed by atoms with van der Waals surface area (Å²) in [6, 6.07) is 6.87. The highest BCUT2D eigenvalue weighted by atomic mass is 127. The zero-order chi connectivity index (χ0) is 20.0. The van der Waals surface area contributed by atoms with Crippen molar-refractivity contribution in [2.45, 2.75) is 32.7 Å². The van der Waals surface area contributed by atoms with E-state index in [2.05, 4.69) is 22.5 Å². The SMILES string of the molecule is CCNC(=NCC(c1ccc(F)cc1)N1CCOCC1)NCCCCOCC.I. The van der Waals surface area contributed by atoms with E-state index in [1.54, 1.807) is 0 Å². The van der Waals surface area contributed by atoms with Crippen LogP contribution in [0.3, 0.4) is 0 Å². The van der Waals surface area contributed by atoms with Crippen molar-refractivity contribution in [1.82, 2.24) is 15.5 Å². The van der Waals surface area contributed by atoms with Crippen LogP contribution in [0.15, 0.2) is 29.3 Å². The average molecular weight is 522 g/mol. The van der Waals surface area contributed by atoms with Crippen LogP contribution in [0.4, 0.5) is 4.39 Å². The summed E-state index contributed by atoms with van der Waals surface area (Å²) in [7, 11) is 0. The van der Waals surface area contributed by atoms with Crippen molar-refractivity contribution in [3.8, 4) is 0 Å². The molecule has 1 aromatic carbocycles. The molecule has 0 saturated carbocycles. The van der Waals surface area contributed by atoms with Crippen LogP contribution in [0.5, 0.6) is 0 Å². The molecule has 2 N–H and O–H groups in total. The van der Waals surface area contributed by atoms with Gasteiger partial charge in [0.15, 0.2) is 5.96 Å². The molecular weight excluding hydrogens is 486 g/mol. The number of halogens is 2. The van der Waals surface area contributed by atoms with Crippen molar-refractivity contribution in [2.75, 3.05) is 59.2 Å². The molecule has 1 saturated heterocycles. The van der Waals surface area contributed by atoms with Crippen molar-refractivity contribution in [1.29, 1.82) is 0 Å². The summed E-state index contributed by atoms with van der Waals surface area (Å²) in [5.74, 6) is 0.606. The Morgan fingerprint density at radius 1 is 1.17 bits per heavy atom. The van der Waals surface area contributed by atoms with Gasteiger partial charge < -0.3 is 20.1 Å². The van der Waals surface area contributed by atoms with Gasteiger partial charge in [0.05, 0.1) is 25.8 Å². The molecule has 1 aromatic rings. The van der Waals surface area contributed by atoms with Crippen molar-refractivity contribution in [2.24, 2.45) is 4.99 Å². The van der Waals surface area contributed by atoms with Gasteiger partial charge in [0.2, 0.25) is 0 Å². The molecule has 8 heteroatoms. The van der Waals surface area contributed by atoms with E-state index in [1.165, 1.54) is 12.1 Å². The fourth-order valence-electron chi connectivity index (χ4n) is 3.21. The van der Waals surface area contributed by atoms with E-state index < -0.39 is 0 Å². The van der Waals surface area contributed by atoms with Gasteiger partial charge in [-0.2, -0.15) is 0 Å². The molecule has 1 aliphatic rings. The maximum Gasteiger partial charge on any atom is 0.191 e. The monoisotopic (exact) mass is 522 g/mol. The first kappa shape index (κ1) is 26.1. The summed E-state index contributed by atoms with van der Waals surface area (Å²) in [5.41, 5.74) is 1.08. The molecule has 1 fully saturated rings. The third-order valence-corrected chi connectivity index (χ3v) is 4.72. The molecule has 0 radical (unpaired) electrons. The molecule has 0 amide bonds. The van der Waals surface area contributed by atoms with Gasteiger partial charge in [0.25, 0.3) is 0 Å². The number of benzene rings is 1. The van der Waals surface area contributed by atoms with E-state index in [0.717, 1.165) is 77.0 Å². The van der Waals surface area contributed by atoms with Crippen LogP contribution in [-0.2, 0) is 9.47 Å². The predicted molar refractivity (Wildman–Crippen MR) is 127 cm³/mol. The van der Waals surface area contributed by atoms with Crippen LogP contribution in [-0.4, -0.2) is 70.0 Å². The lowest BCUT2D eigenvalue weighted by molar-refractivity contribution is 0.0179. The van der Waals surface area contributed by atoms with Crippen molar-refractivity contribution in [3.63, 3.8) is 0 Å². The summed E-state index contributed by atoms with van der Waals surface area (Å²) >= 11 is 0. The Labute approximate surface area is 191 Å². The van der Waals surface area contributed by atoms with Gasteiger partial charge in [-0.15, -0.1) is 24.0 Å². The van der Waals surface area contributed by atoms with Crippen LogP contribution >= 0.6 is 24.0 Å². The summed E-state index contributed by atoms with van der Waals surface area (Å²) in [6.45, 7) is 11.1. The van der Waals surface area contributed by atoms with Crippen LogP contribution in [0, 0.1) is 5.82 Å². The molecule has 166 valence electrons. The second-order valence-corrected chi connectivity index (χ2v) is 6.77. The number of unbranched alkanes of at least 4 members (excludes halogenated alkanes) is 1. The summed E-state index contributed by atoms with van der Waals surface area (Å²) in [5, 5.41) is 6.70. The average Bonchev–Trinajstić information content (AvgIpc) is 2.72. The number of hydrogen-bond acceptors (Lipinski definition) is 4. The quantitative estimate of drug-likeness (QED) is 0.203. The molecule has 0 bridgehead atoms. The van der Waals surface area contributed by atoms with E-state index >= 15 is 0 Å². The molecule has 29 heavy (non-hydrogen) atoms. The zero-order valence-electron chi connectivity index (χ0n) is 17.7. The van der Waals surface area contributed by atoms with E-state index in [9.17, 15) is 4.39 Å². The van der Waals surface area contributed by atoms with Crippen LogP contribution in [0.25, 0.3) is 0 Å². The number of rotatable bonds is 11. The lowest BCUT2D eigenvalue weighted by atomic mass is 10.0. The topological polar surface area (TPSA) is 58.1 Å². The third kappa shape index (κ3) is 10.1. The lowest BCUT2D eigenvalue weighted by Gasteiger charge is -2.34. The Hall–Kier alpha value is -0.970. The second kappa shape index (κ2) is 15.8. The minimum Gasteiger partial charge on any atom is -0.382 e. The van der Waals surface area contributed by atoms with E-state index in [4.69, 9.17) is 14.5 Å². The van der Waals surface area contributed by atoms with Crippen molar-refractivity contribution in [3.05, 3.63) is 35.6 Å². The maximum atomic E-state index is 13.4. The minimum atomic E-state index is -0.213.